The Kier molecular flexibility index (Phi) is 2.74. The zero-order chi connectivity index (χ0) is 6.62. The summed E-state index contributed by atoms with van der Waals surface area (Å²) < 4.78 is 13.1. The lowest BCUT2D eigenvalue weighted by molar-refractivity contribution is -0.340. The molecule has 0 aliphatic heterocycles. The number of hydrogen-bond donors (Lipinski definition) is 0. The maximum absolute atomic E-state index is 9.54. The third kappa shape index (κ3) is 5.67. The quantitative estimate of drug-likeness (QED) is 0.339. The molecule has 0 spiro atoms. The van der Waals surface area contributed by atoms with Crippen LogP contribution in [0.1, 0.15) is 0 Å². The molecule has 5 heteroatoms. The summed E-state index contributed by atoms with van der Waals surface area (Å²) in [6, 6.07) is 0. The minimum absolute atomic E-state index is 0.482. The topological polar surface area (TPSA) is 72.4 Å². The summed E-state index contributed by atoms with van der Waals surface area (Å²) in [6.07, 6.45) is 4.56. The lowest BCUT2D eigenvalue weighted by atomic mass is 10.8. The molecule has 0 unspecified atom stereocenters. The van der Waals surface area contributed by atoms with Crippen molar-refractivity contribution in [3.63, 3.8) is 0 Å². The molecule has 0 aromatic carbocycles. The summed E-state index contributed by atoms with van der Waals surface area (Å²) in [7, 11) is -4.82. The fraction of sp³-hybridized carbons (Fsp3) is 0.333. The molecule has 0 aromatic heterocycles. The lowest BCUT2D eigenvalue weighted by Crippen LogP contribution is -2.16. The van der Waals surface area contributed by atoms with Crippen LogP contribution < -0.4 is 9.79 Å². The van der Waals surface area contributed by atoms with E-state index in [1.165, 1.54) is 0 Å². The molecule has 0 saturated carbocycles. The van der Waals surface area contributed by atoms with E-state index in [4.69, 9.17) is 0 Å². The zero-order valence-corrected chi connectivity index (χ0v) is 4.76. The number of terminal acetylenes is 1. The normalized spacial score (nSPS) is 10.6. The van der Waals surface area contributed by atoms with E-state index < -0.39 is 14.4 Å². The fourth-order valence-electron chi connectivity index (χ4n) is 0.116. The molecule has 0 amide bonds. The number of phosphoric acid groups is 1. The van der Waals surface area contributed by atoms with Crippen molar-refractivity contribution < 1.29 is 18.9 Å². The molecule has 0 saturated heterocycles. The van der Waals surface area contributed by atoms with Gasteiger partial charge in [-0.3, -0.25) is 0 Å². The van der Waals surface area contributed by atoms with Crippen LogP contribution >= 0.6 is 7.82 Å². The van der Waals surface area contributed by atoms with Gasteiger partial charge in [0.1, 0.15) is 6.61 Å². The first-order valence-corrected chi connectivity index (χ1v) is 3.12. The molecule has 0 atom stereocenters. The highest BCUT2D eigenvalue weighted by molar-refractivity contribution is 7.43. The number of rotatable bonds is 2. The molecular weight excluding hydrogens is 131 g/mol. The molecule has 0 N–H and O–H groups in total. The van der Waals surface area contributed by atoms with E-state index in [1.807, 2.05) is 5.92 Å². The van der Waals surface area contributed by atoms with Gasteiger partial charge in [-0.05, 0) is 0 Å². The van der Waals surface area contributed by atoms with E-state index >= 15 is 0 Å². The van der Waals surface area contributed by atoms with Gasteiger partial charge in [0.25, 0.3) is 0 Å². The molecule has 0 radical (unpaired) electrons. The second-order valence-electron chi connectivity index (χ2n) is 0.925. The van der Waals surface area contributed by atoms with Gasteiger partial charge in [-0.15, -0.1) is 6.42 Å². The van der Waals surface area contributed by atoms with Crippen LogP contribution in [0.4, 0.5) is 0 Å². The Bertz CT molecular complexity index is 140. The fourth-order valence-corrected chi connectivity index (χ4v) is 0.349. The van der Waals surface area contributed by atoms with Crippen molar-refractivity contribution in [1.82, 2.24) is 0 Å². The van der Waals surface area contributed by atoms with Gasteiger partial charge in [0.15, 0.2) is 0 Å². The minimum atomic E-state index is -4.82. The predicted molar refractivity (Wildman–Crippen MR) is 22.4 cm³/mol. The first-order chi connectivity index (χ1) is 3.56. The van der Waals surface area contributed by atoms with Crippen molar-refractivity contribution in [3.8, 4) is 12.3 Å². The Balaban J connectivity index is 3.45. The van der Waals surface area contributed by atoms with Crippen LogP contribution in [0.25, 0.3) is 0 Å². The Hall–Kier alpha value is -0.330. The zero-order valence-electron chi connectivity index (χ0n) is 3.86. The van der Waals surface area contributed by atoms with Crippen LogP contribution in [0, 0.1) is 12.3 Å². The Labute approximate surface area is 46.7 Å². The van der Waals surface area contributed by atoms with Crippen molar-refractivity contribution in [2.45, 2.75) is 0 Å². The van der Waals surface area contributed by atoms with Crippen molar-refractivity contribution in [3.05, 3.63) is 0 Å². The van der Waals surface area contributed by atoms with Gasteiger partial charge in [0.05, 0.1) is 7.82 Å². The van der Waals surface area contributed by atoms with Crippen LogP contribution in [0.3, 0.4) is 0 Å². The highest BCUT2D eigenvalue weighted by Gasteiger charge is 1.83. The van der Waals surface area contributed by atoms with Crippen molar-refractivity contribution >= 4 is 7.82 Å². The molecule has 0 bridgehead atoms. The Morgan fingerprint density at radius 1 is 1.75 bits per heavy atom. The van der Waals surface area contributed by atoms with Crippen LogP contribution in [-0.4, -0.2) is 6.61 Å². The third-order valence-corrected chi connectivity index (χ3v) is 0.751. The smallest absolute Gasteiger partial charge is 0.112 e. The molecule has 0 aliphatic carbocycles. The summed E-state index contributed by atoms with van der Waals surface area (Å²) in [4.78, 5) is 19.1. The third-order valence-electron chi connectivity index (χ3n) is 0.306. The second-order valence-corrected chi connectivity index (χ2v) is 2.08. The van der Waals surface area contributed by atoms with Gasteiger partial charge in [0, 0.05) is 0 Å². The molecule has 4 nitrogen and oxygen atoms in total. The Morgan fingerprint density at radius 3 is 2.38 bits per heavy atom. The average molecular weight is 134 g/mol. The maximum atomic E-state index is 9.54. The van der Waals surface area contributed by atoms with E-state index in [0.717, 1.165) is 0 Å². The van der Waals surface area contributed by atoms with Gasteiger partial charge >= 0.3 is 0 Å². The van der Waals surface area contributed by atoms with E-state index in [2.05, 4.69) is 10.9 Å². The molecule has 0 fully saturated rings. The maximum Gasteiger partial charge on any atom is 0.112 e. The van der Waals surface area contributed by atoms with Crippen LogP contribution in [0.15, 0.2) is 0 Å². The number of hydrogen-bond acceptors (Lipinski definition) is 4. The van der Waals surface area contributed by atoms with E-state index in [0.29, 0.717) is 0 Å². The van der Waals surface area contributed by atoms with Gasteiger partial charge in [-0.2, -0.15) is 0 Å². The first-order valence-electron chi connectivity index (χ1n) is 1.66. The van der Waals surface area contributed by atoms with Crippen LogP contribution in [-0.2, 0) is 9.09 Å². The monoisotopic (exact) mass is 134 g/mol. The van der Waals surface area contributed by atoms with E-state index in [-0.39, 0.29) is 0 Å². The van der Waals surface area contributed by atoms with E-state index in [1.54, 1.807) is 0 Å². The molecular formula is C3H3O4P-2. The van der Waals surface area contributed by atoms with Gasteiger partial charge in [-0.25, -0.2) is 0 Å². The van der Waals surface area contributed by atoms with E-state index in [9.17, 15) is 14.4 Å². The standard InChI is InChI=1S/C3H5O4P/c1-2-3-7-8(4,5)6/h1H,3H2,(H2,4,5,6)/p-2. The highest BCUT2D eigenvalue weighted by Crippen LogP contribution is 2.23. The molecule has 0 rings (SSSR count). The summed E-state index contributed by atoms with van der Waals surface area (Å²) >= 11 is 0. The molecule has 46 valence electrons. The van der Waals surface area contributed by atoms with Gasteiger partial charge in [0.2, 0.25) is 0 Å². The predicted octanol–water partition coefficient (Wildman–Crippen LogP) is -1.54. The minimum Gasteiger partial charge on any atom is -0.790 e. The lowest BCUT2D eigenvalue weighted by Gasteiger charge is -2.26. The summed E-state index contributed by atoms with van der Waals surface area (Å²) in [5, 5.41) is 0. The van der Waals surface area contributed by atoms with Gasteiger partial charge < -0.3 is 18.9 Å². The second kappa shape index (κ2) is 2.85. The van der Waals surface area contributed by atoms with Crippen LogP contribution in [0.5, 0.6) is 0 Å². The van der Waals surface area contributed by atoms with Crippen molar-refractivity contribution in [2.75, 3.05) is 6.61 Å². The molecule has 0 aromatic rings. The molecule has 0 aliphatic rings. The first kappa shape index (κ1) is 7.67. The largest absolute Gasteiger partial charge is 0.790 e. The highest BCUT2D eigenvalue weighted by atomic mass is 31.2. The van der Waals surface area contributed by atoms with Gasteiger partial charge in [-0.1, -0.05) is 5.92 Å². The SMILES string of the molecule is C#CCOP(=O)([O-])[O-]. The molecule has 0 heterocycles. The average Bonchev–Trinajstić information content (AvgIpc) is 1.59. The Morgan fingerprint density at radius 2 is 2.25 bits per heavy atom. The van der Waals surface area contributed by atoms with Crippen molar-refractivity contribution in [1.29, 1.82) is 0 Å². The number of phosphoric ester groups is 1. The molecule has 8 heavy (non-hydrogen) atoms. The summed E-state index contributed by atoms with van der Waals surface area (Å²) in [5.74, 6) is 1.83. The van der Waals surface area contributed by atoms with Crippen molar-refractivity contribution in [2.24, 2.45) is 0 Å². The van der Waals surface area contributed by atoms with Crippen LogP contribution in [0.2, 0.25) is 0 Å². The summed E-state index contributed by atoms with van der Waals surface area (Å²) in [5.41, 5.74) is 0. The summed E-state index contributed by atoms with van der Waals surface area (Å²) in [6.45, 7) is -0.482.